The first kappa shape index (κ1) is 16.3. The number of hydrogen-bond acceptors (Lipinski definition) is 3. The summed E-state index contributed by atoms with van der Waals surface area (Å²) < 4.78 is 5.47. The highest BCUT2D eigenvalue weighted by Gasteiger charge is 2.28. The molecule has 2 rings (SSSR count). The summed E-state index contributed by atoms with van der Waals surface area (Å²) >= 11 is 0. The van der Waals surface area contributed by atoms with Gasteiger partial charge in [-0.25, -0.2) is 0 Å². The van der Waals surface area contributed by atoms with Crippen molar-refractivity contribution in [3.8, 4) is 5.75 Å². The van der Waals surface area contributed by atoms with E-state index in [0.29, 0.717) is 6.61 Å². The predicted octanol–water partition coefficient (Wildman–Crippen LogP) is 3.56. The van der Waals surface area contributed by atoms with E-state index >= 15 is 0 Å². The largest absolute Gasteiger partial charge is 0.494 e. The van der Waals surface area contributed by atoms with Crippen molar-refractivity contribution in [3.05, 3.63) is 29.8 Å². The van der Waals surface area contributed by atoms with Crippen LogP contribution in [-0.2, 0) is 5.60 Å². The summed E-state index contributed by atoms with van der Waals surface area (Å²) in [5.74, 6) is 0.871. The minimum absolute atomic E-state index is 0.673. The average Bonchev–Trinajstić information content (AvgIpc) is 2.54. The van der Waals surface area contributed by atoms with Gasteiger partial charge in [-0.2, -0.15) is 0 Å². The van der Waals surface area contributed by atoms with Gasteiger partial charge in [0.15, 0.2) is 0 Å². The molecule has 0 amide bonds. The van der Waals surface area contributed by atoms with Crippen LogP contribution in [0, 0.1) is 0 Å². The van der Waals surface area contributed by atoms with Gasteiger partial charge in [0.05, 0.1) is 12.2 Å². The smallest absolute Gasteiger partial charge is 0.119 e. The first-order chi connectivity index (χ1) is 10.2. The molecule has 0 saturated carbocycles. The molecule has 1 atom stereocenters. The van der Waals surface area contributed by atoms with Gasteiger partial charge in [-0.05, 0) is 63.4 Å². The number of piperidine rings is 1. The van der Waals surface area contributed by atoms with Gasteiger partial charge < -0.3 is 14.7 Å². The first-order valence-corrected chi connectivity index (χ1v) is 8.36. The van der Waals surface area contributed by atoms with Gasteiger partial charge in [0, 0.05) is 6.54 Å². The molecule has 0 spiro atoms. The molecule has 1 fully saturated rings. The summed E-state index contributed by atoms with van der Waals surface area (Å²) in [6.07, 6.45) is 5.50. The number of aliphatic hydroxyl groups is 1. The van der Waals surface area contributed by atoms with E-state index in [1.54, 1.807) is 0 Å². The molecule has 1 saturated heterocycles. The quantitative estimate of drug-likeness (QED) is 0.834. The number of likely N-dealkylation sites (tertiary alicyclic amines) is 1. The second-order valence-electron chi connectivity index (χ2n) is 5.99. The molecule has 0 radical (unpaired) electrons. The molecular formula is C18H29NO2. The second kappa shape index (κ2) is 7.81. The van der Waals surface area contributed by atoms with E-state index in [4.69, 9.17) is 4.74 Å². The van der Waals surface area contributed by atoms with Crippen LogP contribution < -0.4 is 4.74 Å². The third-order valence-corrected chi connectivity index (χ3v) is 4.58. The van der Waals surface area contributed by atoms with Gasteiger partial charge in [0.1, 0.15) is 5.75 Å². The second-order valence-corrected chi connectivity index (χ2v) is 5.99. The summed E-state index contributed by atoms with van der Waals surface area (Å²) in [6, 6.07) is 7.93. The molecule has 1 aliphatic rings. The standard InChI is InChI=1S/C18H29NO2/c1-3-18(20,12-15-19-13-6-5-7-14-19)16-8-10-17(11-9-16)21-4-2/h8-11,20H,3-7,12-15H2,1-2H3/t18-/m1/s1. The summed E-state index contributed by atoms with van der Waals surface area (Å²) in [6.45, 7) is 8.07. The van der Waals surface area contributed by atoms with Crippen LogP contribution in [0.2, 0.25) is 0 Å². The highest BCUT2D eigenvalue weighted by molar-refractivity contribution is 5.30. The number of ether oxygens (including phenoxy) is 1. The summed E-state index contributed by atoms with van der Waals surface area (Å²) in [7, 11) is 0. The Morgan fingerprint density at radius 2 is 1.76 bits per heavy atom. The monoisotopic (exact) mass is 291 g/mol. The highest BCUT2D eigenvalue weighted by Crippen LogP contribution is 2.30. The average molecular weight is 291 g/mol. The Labute approximate surface area is 128 Å². The van der Waals surface area contributed by atoms with Gasteiger partial charge in [0.25, 0.3) is 0 Å². The minimum Gasteiger partial charge on any atom is -0.494 e. The zero-order valence-electron chi connectivity index (χ0n) is 13.5. The van der Waals surface area contributed by atoms with Crippen molar-refractivity contribution in [3.63, 3.8) is 0 Å². The third kappa shape index (κ3) is 4.45. The number of hydrogen-bond donors (Lipinski definition) is 1. The topological polar surface area (TPSA) is 32.7 Å². The number of rotatable bonds is 7. The normalized spacial score (nSPS) is 19.2. The van der Waals surface area contributed by atoms with Crippen molar-refractivity contribution in [1.29, 1.82) is 0 Å². The van der Waals surface area contributed by atoms with Crippen LogP contribution in [0.4, 0.5) is 0 Å². The Bertz CT molecular complexity index is 412. The Hall–Kier alpha value is -1.06. The van der Waals surface area contributed by atoms with Gasteiger partial charge in [-0.15, -0.1) is 0 Å². The molecular weight excluding hydrogens is 262 g/mol. The lowest BCUT2D eigenvalue weighted by Crippen LogP contribution is -2.36. The molecule has 0 unspecified atom stereocenters. The molecule has 0 aromatic heterocycles. The Balaban J connectivity index is 1.97. The fraction of sp³-hybridized carbons (Fsp3) is 0.667. The van der Waals surface area contributed by atoms with E-state index < -0.39 is 5.60 Å². The number of nitrogens with zero attached hydrogens (tertiary/aromatic N) is 1. The van der Waals surface area contributed by atoms with Crippen molar-refractivity contribution in [2.45, 2.75) is 51.6 Å². The number of benzene rings is 1. The van der Waals surface area contributed by atoms with Crippen molar-refractivity contribution in [2.75, 3.05) is 26.2 Å². The predicted molar refractivity (Wildman–Crippen MR) is 86.7 cm³/mol. The molecule has 3 heteroatoms. The molecule has 118 valence electrons. The molecule has 21 heavy (non-hydrogen) atoms. The van der Waals surface area contributed by atoms with Crippen molar-refractivity contribution in [1.82, 2.24) is 4.90 Å². The highest BCUT2D eigenvalue weighted by atomic mass is 16.5. The maximum absolute atomic E-state index is 11.0. The van der Waals surface area contributed by atoms with Gasteiger partial charge >= 0.3 is 0 Å². The zero-order valence-corrected chi connectivity index (χ0v) is 13.5. The molecule has 0 bridgehead atoms. The molecule has 1 aromatic carbocycles. The molecule has 0 aliphatic carbocycles. The first-order valence-electron chi connectivity index (χ1n) is 8.36. The lowest BCUT2D eigenvalue weighted by molar-refractivity contribution is 0.0115. The Kier molecular flexibility index (Phi) is 6.07. The van der Waals surface area contributed by atoms with Crippen molar-refractivity contribution >= 4 is 0 Å². The minimum atomic E-state index is -0.720. The Morgan fingerprint density at radius 3 is 2.33 bits per heavy atom. The van der Waals surface area contributed by atoms with E-state index in [1.807, 2.05) is 31.2 Å². The lowest BCUT2D eigenvalue weighted by Gasteiger charge is -2.32. The van der Waals surface area contributed by atoms with Gasteiger partial charge in [-0.1, -0.05) is 25.5 Å². The van der Waals surface area contributed by atoms with Crippen LogP contribution in [0.3, 0.4) is 0 Å². The summed E-state index contributed by atoms with van der Waals surface area (Å²) in [5, 5.41) is 11.0. The fourth-order valence-electron chi connectivity index (χ4n) is 3.08. The SMILES string of the molecule is CCOc1ccc([C@@](O)(CC)CCN2CCCCC2)cc1. The van der Waals surface area contributed by atoms with Crippen molar-refractivity contribution in [2.24, 2.45) is 0 Å². The van der Waals surface area contributed by atoms with E-state index in [9.17, 15) is 5.11 Å². The van der Waals surface area contributed by atoms with Crippen LogP contribution in [0.1, 0.15) is 51.5 Å². The van der Waals surface area contributed by atoms with Crippen molar-refractivity contribution < 1.29 is 9.84 Å². The molecule has 1 aliphatic heterocycles. The third-order valence-electron chi connectivity index (χ3n) is 4.58. The summed E-state index contributed by atoms with van der Waals surface area (Å²) in [5.41, 5.74) is 0.285. The summed E-state index contributed by atoms with van der Waals surface area (Å²) in [4.78, 5) is 2.48. The fourth-order valence-corrected chi connectivity index (χ4v) is 3.08. The zero-order chi connectivity index (χ0) is 15.1. The molecule has 1 aromatic rings. The van der Waals surface area contributed by atoms with Crippen LogP contribution >= 0.6 is 0 Å². The maximum atomic E-state index is 11.0. The van der Waals surface area contributed by atoms with Gasteiger partial charge in [0.2, 0.25) is 0 Å². The van der Waals surface area contributed by atoms with Crippen LogP contribution in [0.15, 0.2) is 24.3 Å². The van der Waals surface area contributed by atoms with Crippen LogP contribution in [-0.4, -0.2) is 36.2 Å². The molecule has 3 nitrogen and oxygen atoms in total. The van der Waals surface area contributed by atoms with E-state index in [1.165, 1.54) is 32.4 Å². The Morgan fingerprint density at radius 1 is 1.10 bits per heavy atom. The van der Waals surface area contributed by atoms with E-state index in [0.717, 1.165) is 30.7 Å². The molecule has 1 heterocycles. The van der Waals surface area contributed by atoms with Crippen LogP contribution in [0.5, 0.6) is 5.75 Å². The lowest BCUT2D eigenvalue weighted by atomic mass is 9.87. The van der Waals surface area contributed by atoms with Gasteiger partial charge in [-0.3, -0.25) is 0 Å². The van der Waals surface area contributed by atoms with Crippen LogP contribution in [0.25, 0.3) is 0 Å². The molecule has 1 N–H and O–H groups in total. The van der Waals surface area contributed by atoms with E-state index in [-0.39, 0.29) is 0 Å². The maximum Gasteiger partial charge on any atom is 0.119 e. The van der Waals surface area contributed by atoms with E-state index in [2.05, 4.69) is 11.8 Å².